The summed E-state index contributed by atoms with van der Waals surface area (Å²) in [7, 11) is -2.92. The second kappa shape index (κ2) is 13.8. The highest BCUT2D eigenvalue weighted by Crippen LogP contribution is 2.47. The van der Waals surface area contributed by atoms with E-state index in [-0.39, 0.29) is 28.6 Å². The summed E-state index contributed by atoms with van der Waals surface area (Å²) in [4.78, 5) is 18.7. The Bertz CT molecular complexity index is 1750. The number of carbonyl (C=O) groups excluding carboxylic acids is 1. The van der Waals surface area contributed by atoms with Crippen molar-refractivity contribution in [2.75, 3.05) is 50.9 Å². The Morgan fingerprint density at radius 3 is 2.82 bits per heavy atom. The lowest BCUT2D eigenvalue weighted by atomic mass is 9.68. The van der Waals surface area contributed by atoms with Crippen molar-refractivity contribution in [3.8, 4) is 5.75 Å². The highest BCUT2D eigenvalue weighted by atomic mass is 35.5. The molecule has 270 valence electrons. The molecule has 2 aromatic rings. The normalized spacial score (nSPS) is 37.6. The number of aryl methyl sites for hydroxylation is 1. The Kier molecular flexibility index (Phi) is 9.51. The topological polar surface area (TPSA) is 80.3 Å². The van der Waals surface area contributed by atoms with Gasteiger partial charge in [0.2, 0.25) is 0 Å². The molecular formula is C40H52ClN3O5S. The quantitative estimate of drug-likeness (QED) is 0.305. The van der Waals surface area contributed by atoms with Crippen LogP contribution in [0.5, 0.6) is 5.75 Å². The lowest BCUT2D eigenvalue weighted by molar-refractivity contribution is -0.0323. The van der Waals surface area contributed by atoms with E-state index in [0.717, 1.165) is 94.2 Å². The molecule has 9 atom stereocenters. The molecular weight excluding hydrogens is 670 g/mol. The average Bonchev–Trinajstić information content (AvgIpc) is 3.67. The third-order valence-corrected chi connectivity index (χ3v) is 15.3. The minimum absolute atomic E-state index is 0.00422. The summed E-state index contributed by atoms with van der Waals surface area (Å²) in [6.45, 7) is 9.67. The standard InChI is InChI=1S/C40H52ClN3O5S/c1-26-6-4-8-37(47-17-16-43-22-33-20-32(43)23-48-33)34-12-9-30(34)21-44-24-40(15-5-7-28-18-31(41)11-13-35(28)40)25-49-38-14-10-29(19-36(38)44)39(45)42-50(3,46)27(26)2/h4,8,10-11,13-14,18-19,26-27,30,32-34,37H,3,5-7,9,12,15-17,20-25H2,1-2H3,(H,42,45,46)/b8-4+/t26-,27+,30-,32+,33+,34+,37-,40-,50?/m0/s1. The summed E-state index contributed by atoms with van der Waals surface area (Å²) < 4.78 is 36.1. The van der Waals surface area contributed by atoms with E-state index in [0.29, 0.717) is 42.8 Å². The predicted octanol–water partition coefficient (Wildman–Crippen LogP) is 6.04. The first-order valence-corrected chi connectivity index (χ1v) is 20.9. The van der Waals surface area contributed by atoms with E-state index >= 15 is 0 Å². The summed E-state index contributed by atoms with van der Waals surface area (Å²) in [6, 6.07) is 12.5. The maximum absolute atomic E-state index is 13.9. The molecule has 50 heavy (non-hydrogen) atoms. The van der Waals surface area contributed by atoms with Crippen LogP contribution >= 0.6 is 11.6 Å². The van der Waals surface area contributed by atoms with Gasteiger partial charge in [0.1, 0.15) is 5.75 Å². The third kappa shape index (κ3) is 6.62. The monoisotopic (exact) mass is 721 g/mol. The maximum atomic E-state index is 13.9. The zero-order valence-corrected chi connectivity index (χ0v) is 31.1. The molecule has 2 saturated heterocycles. The predicted molar refractivity (Wildman–Crippen MR) is 201 cm³/mol. The second-order valence-electron chi connectivity index (χ2n) is 16.0. The van der Waals surface area contributed by atoms with Gasteiger partial charge in [-0.1, -0.05) is 36.7 Å². The Balaban J connectivity index is 1.13. The molecule has 4 heterocycles. The van der Waals surface area contributed by atoms with Gasteiger partial charge >= 0.3 is 0 Å². The number of allylic oxidation sites excluding steroid dienone is 1. The molecule has 0 radical (unpaired) electrons. The molecule has 8 rings (SSSR count). The van der Waals surface area contributed by atoms with E-state index in [2.05, 4.69) is 51.6 Å². The minimum Gasteiger partial charge on any atom is -0.490 e. The van der Waals surface area contributed by atoms with E-state index in [4.69, 9.17) is 25.8 Å². The van der Waals surface area contributed by atoms with Gasteiger partial charge in [0.15, 0.2) is 0 Å². The molecule has 1 saturated carbocycles. The van der Waals surface area contributed by atoms with Crippen molar-refractivity contribution < 1.29 is 23.2 Å². The number of hydrogen-bond donors (Lipinski definition) is 1. The van der Waals surface area contributed by atoms with Crippen LogP contribution in [0.25, 0.3) is 0 Å². The molecule has 1 N–H and O–H groups in total. The van der Waals surface area contributed by atoms with Crippen molar-refractivity contribution in [3.05, 3.63) is 70.3 Å². The highest BCUT2D eigenvalue weighted by Gasteiger charge is 2.45. The molecule has 0 aromatic heterocycles. The Labute approximate surface area is 303 Å². The van der Waals surface area contributed by atoms with Crippen LogP contribution in [0, 0.1) is 17.8 Å². The summed E-state index contributed by atoms with van der Waals surface area (Å²) in [5, 5.41) is 0.458. The number of nitrogens with zero attached hydrogens (tertiary/aromatic N) is 2. The van der Waals surface area contributed by atoms with Gasteiger partial charge in [-0.25, -0.2) is 4.21 Å². The van der Waals surface area contributed by atoms with Crippen LogP contribution in [0.1, 0.15) is 73.9 Å². The van der Waals surface area contributed by atoms with E-state index in [1.54, 1.807) is 6.07 Å². The lowest BCUT2D eigenvalue weighted by Gasteiger charge is -2.46. The molecule has 1 amide bonds. The number of hydrogen-bond acceptors (Lipinski definition) is 7. The van der Waals surface area contributed by atoms with Crippen LogP contribution < -0.4 is 14.4 Å². The number of benzene rings is 2. The fourth-order valence-corrected chi connectivity index (χ4v) is 11.2. The smallest absolute Gasteiger partial charge is 0.262 e. The maximum Gasteiger partial charge on any atom is 0.262 e. The van der Waals surface area contributed by atoms with Crippen LogP contribution in [-0.4, -0.2) is 90.4 Å². The molecule has 2 aromatic carbocycles. The van der Waals surface area contributed by atoms with E-state index in [1.165, 1.54) is 11.1 Å². The number of likely N-dealkylation sites (tertiary alicyclic amines) is 1. The number of anilines is 1. The molecule has 8 nitrogen and oxygen atoms in total. The molecule has 3 fully saturated rings. The SMILES string of the molecule is C=S1(=O)NC(=O)c2ccc3c(c2)N(C[C@@H]2CC[C@H]2[C@@H](OCCN2C[C@H]4C[C@@H]2CO4)/C=C/C[C@H](C)[C@H]1C)C[C@@]1(CCCc2cc(Cl)ccc21)CO3. The van der Waals surface area contributed by atoms with E-state index in [9.17, 15) is 9.00 Å². The van der Waals surface area contributed by atoms with Crippen molar-refractivity contribution in [2.45, 2.75) is 87.7 Å². The van der Waals surface area contributed by atoms with Gasteiger partial charge in [-0.3, -0.25) is 14.4 Å². The number of rotatable bonds is 4. The van der Waals surface area contributed by atoms with Gasteiger partial charge in [-0.15, -0.1) is 0 Å². The van der Waals surface area contributed by atoms with Gasteiger partial charge in [-0.05, 0) is 117 Å². The lowest BCUT2D eigenvalue weighted by Crippen LogP contribution is -2.50. The third-order valence-electron chi connectivity index (χ3n) is 12.9. The number of halogens is 1. The van der Waals surface area contributed by atoms with Crippen LogP contribution in [-0.2, 0) is 31.0 Å². The number of amides is 1. The fraction of sp³-hybridized carbons (Fsp3) is 0.600. The zero-order valence-electron chi connectivity index (χ0n) is 29.5. The number of fused-ring (bicyclic) bond motifs is 6. The van der Waals surface area contributed by atoms with Crippen molar-refractivity contribution in [3.63, 3.8) is 0 Å². The highest BCUT2D eigenvalue weighted by molar-refractivity contribution is 7.99. The van der Waals surface area contributed by atoms with Gasteiger partial charge in [-0.2, -0.15) is 0 Å². The van der Waals surface area contributed by atoms with Gasteiger partial charge in [0, 0.05) is 53.5 Å². The Morgan fingerprint density at radius 1 is 1.16 bits per heavy atom. The Morgan fingerprint density at radius 2 is 2.04 bits per heavy atom. The van der Waals surface area contributed by atoms with Crippen molar-refractivity contribution >= 4 is 38.8 Å². The number of ether oxygens (including phenoxy) is 3. The van der Waals surface area contributed by atoms with E-state index in [1.807, 2.05) is 25.1 Å². The van der Waals surface area contributed by atoms with Crippen molar-refractivity contribution in [1.82, 2.24) is 9.62 Å². The second-order valence-corrected chi connectivity index (χ2v) is 18.8. The first kappa shape index (κ1) is 34.5. The summed E-state index contributed by atoms with van der Waals surface area (Å²) in [5.41, 5.74) is 3.81. The molecule has 2 aliphatic carbocycles. The van der Waals surface area contributed by atoms with Gasteiger partial charge < -0.3 is 19.1 Å². The number of nitrogens with one attached hydrogen (secondary N) is 1. The van der Waals surface area contributed by atoms with E-state index < -0.39 is 9.71 Å². The summed E-state index contributed by atoms with van der Waals surface area (Å²) in [6.07, 6.45) is 12.1. The molecule has 10 heteroatoms. The van der Waals surface area contributed by atoms with Crippen molar-refractivity contribution in [1.29, 1.82) is 0 Å². The van der Waals surface area contributed by atoms with Crippen LogP contribution in [0.4, 0.5) is 5.69 Å². The Hall–Kier alpha value is -2.56. The van der Waals surface area contributed by atoms with Crippen molar-refractivity contribution in [2.24, 2.45) is 17.8 Å². The molecule has 6 aliphatic rings. The first-order valence-electron chi connectivity index (χ1n) is 18.7. The average molecular weight is 722 g/mol. The summed E-state index contributed by atoms with van der Waals surface area (Å²) >= 11 is 6.49. The number of morpholine rings is 1. The summed E-state index contributed by atoms with van der Waals surface area (Å²) in [5.74, 6) is 5.33. The molecule has 1 spiro atoms. The fourth-order valence-electron chi connectivity index (χ4n) is 9.48. The van der Waals surface area contributed by atoms with Gasteiger partial charge in [0.25, 0.3) is 5.91 Å². The van der Waals surface area contributed by atoms with Gasteiger partial charge in [0.05, 0.1) is 47.4 Å². The van der Waals surface area contributed by atoms with Crippen LogP contribution in [0.3, 0.4) is 0 Å². The first-order chi connectivity index (χ1) is 24.1. The van der Waals surface area contributed by atoms with Crippen LogP contribution in [0.2, 0.25) is 5.02 Å². The van der Waals surface area contributed by atoms with Crippen LogP contribution in [0.15, 0.2) is 48.6 Å². The molecule has 1 unspecified atom stereocenters. The zero-order chi connectivity index (χ0) is 34.6. The minimum atomic E-state index is -2.92. The number of carbonyl (C=O) groups is 1. The largest absolute Gasteiger partial charge is 0.490 e. The molecule has 4 bridgehead atoms. The molecule has 4 aliphatic heterocycles.